The lowest BCUT2D eigenvalue weighted by Gasteiger charge is -2.30. The molecule has 0 bridgehead atoms. The lowest BCUT2D eigenvalue weighted by atomic mass is 9.93. The summed E-state index contributed by atoms with van der Waals surface area (Å²) in [6, 6.07) is 70.5. The molecule has 9 aromatic rings. The highest BCUT2D eigenvalue weighted by Gasteiger charge is 2.23. The number of anilines is 3. The lowest BCUT2D eigenvalue weighted by Crippen LogP contribution is -2.18. The van der Waals surface area contributed by atoms with Gasteiger partial charge < -0.3 is 14.6 Å². The maximum Gasteiger partial charge on any atom is 0.143 e. The number of fused-ring (bicyclic) bond motifs is 3. The van der Waals surface area contributed by atoms with Gasteiger partial charge in [-0.25, -0.2) is 0 Å². The van der Waals surface area contributed by atoms with Crippen molar-refractivity contribution < 1.29 is 4.42 Å². The Hall–Kier alpha value is -8.32. The monoisotopic (exact) mass is 806 g/mol. The summed E-state index contributed by atoms with van der Waals surface area (Å²) in [6.07, 6.45) is 11.0. The molecule has 0 amide bonds. The molecule has 1 N–H and O–H groups in total. The van der Waals surface area contributed by atoms with Gasteiger partial charge in [-0.2, -0.15) is 0 Å². The number of hydrogen-bond donors (Lipinski definition) is 1. The summed E-state index contributed by atoms with van der Waals surface area (Å²) in [5.74, 6) is 0. The van der Waals surface area contributed by atoms with E-state index in [0.29, 0.717) is 0 Å². The normalized spacial score (nSPS) is 13.3. The molecule has 298 valence electrons. The van der Waals surface area contributed by atoms with Crippen molar-refractivity contribution in [2.75, 3.05) is 10.2 Å². The van der Waals surface area contributed by atoms with Gasteiger partial charge in [-0.3, -0.25) is 0 Å². The SMILES string of the molecule is C1=C=C(N(c2cccc(-c3ccccc3)c2)c2ccccc2C2=CCCC=C2Nc2ccccc2-c2ccccc2)C=CC=1c1ccc(-c2cccc3c2oc2ccccc23)cc1. The van der Waals surface area contributed by atoms with Crippen molar-refractivity contribution in [3.05, 3.63) is 258 Å². The lowest BCUT2D eigenvalue weighted by molar-refractivity contribution is 0.670. The average Bonchev–Trinajstić information content (AvgIpc) is 3.75. The standard InChI is InChI=1S/C60H42N2O/c1-3-17-42(18-4-1)47-21-15-22-49(41-47)62(58-31-13-9-25-53(58)52-24-8-12-30-57(52)61-56-29-11-7-23-50(56)45-19-5-2-6-20-45)48-39-37-44(38-40-48)43-33-35-46(36-34-43)51-27-16-28-55-54-26-10-14-32-59(54)63-60(51)55/h1-7,9-11,13-37,39,41,61H,8,12H2. The van der Waals surface area contributed by atoms with Crippen LogP contribution in [0.1, 0.15) is 24.0 Å². The van der Waals surface area contributed by atoms with E-state index >= 15 is 0 Å². The first-order valence-corrected chi connectivity index (χ1v) is 21.6. The van der Waals surface area contributed by atoms with Crippen molar-refractivity contribution in [1.82, 2.24) is 0 Å². The van der Waals surface area contributed by atoms with E-state index < -0.39 is 0 Å². The van der Waals surface area contributed by atoms with E-state index in [1.165, 1.54) is 22.3 Å². The number of rotatable bonds is 10. The van der Waals surface area contributed by atoms with Gasteiger partial charge in [0.1, 0.15) is 11.2 Å². The zero-order valence-electron chi connectivity index (χ0n) is 34.6. The van der Waals surface area contributed by atoms with Crippen LogP contribution in [0.5, 0.6) is 0 Å². The molecule has 0 saturated heterocycles. The average molecular weight is 807 g/mol. The number of hydrogen-bond acceptors (Lipinski definition) is 3. The summed E-state index contributed by atoms with van der Waals surface area (Å²) in [6.45, 7) is 0. The molecular formula is C60H42N2O. The Labute approximate surface area is 367 Å². The quantitative estimate of drug-likeness (QED) is 0.140. The zero-order chi connectivity index (χ0) is 42.0. The minimum absolute atomic E-state index is 0.897. The molecule has 1 aromatic heterocycles. The predicted octanol–water partition coefficient (Wildman–Crippen LogP) is 16.2. The number of nitrogens with one attached hydrogen (secondary N) is 1. The van der Waals surface area contributed by atoms with Gasteiger partial charge in [0.2, 0.25) is 0 Å². The fourth-order valence-electron chi connectivity index (χ4n) is 8.89. The summed E-state index contributed by atoms with van der Waals surface area (Å²) in [5.41, 5.74) is 25.3. The van der Waals surface area contributed by atoms with Crippen LogP contribution in [-0.4, -0.2) is 0 Å². The van der Waals surface area contributed by atoms with Gasteiger partial charge in [0.05, 0.1) is 11.4 Å². The van der Waals surface area contributed by atoms with Crippen molar-refractivity contribution in [3.8, 4) is 33.4 Å². The van der Waals surface area contributed by atoms with Gasteiger partial charge in [0, 0.05) is 55.7 Å². The van der Waals surface area contributed by atoms with Gasteiger partial charge >= 0.3 is 0 Å². The third-order valence-corrected chi connectivity index (χ3v) is 12.0. The maximum atomic E-state index is 6.37. The fourth-order valence-corrected chi connectivity index (χ4v) is 8.89. The zero-order valence-corrected chi connectivity index (χ0v) is 34.6. The molecular weight excluding hydrogens is 765 g/mol. The predicted molar refractivity (Wildman–Crippen MR) is 263 cm³/mol. The van der Waals surface area contributed by atoms with E-state index in [2.05, 4.69) is 234 Å². The van der Waals surface area contributed by atoms with Gasteiger partial charge in [-0.1, -0.05) is 188 Å². The molecule has 3 nitrogen and oxygen atoms in total. The van der Waals surface area contributed by atoms with Crippen molar-refractivity contribution in [2.45, 2.75) is 12.8 Å². The summed E-state index contributed by atoms with van der Waals surface area (Å²) >= 11 is 0. The Morgan fingerprint density at radius 3 is 1.92 bits per heavy atom. The summed E-state index contributed by atoms with van der Waals surface area (Å²) in [7, 11) is 0. The van der Waals surface area contributed by atoms with Crippen LogP contribution in [0.2, 0.25) is 0 Å². The topological polar surface area (TPSA) is 28.4 Å². The van der Waals surface area contributed by atoms with Crippen molar-refractivity contribution in [2.24, 2.45) is 0 Å². The molecule has 0 spiro atoms. The molecule has 0 fully saturated rings. The second kappa shape index (κ2) is 16.6. The first kappa shape index (κ1) is 37.7. The third kappa shape index (κ3) is 7.35. The van der Waals surface area contributed by atoms with E-state index in [1.54, 1.807) is 0 Å². The van der Waals surface area contributed by atoms with Gasteiger partial charge in [0.25, 0.3) is 0 Å². The van der Waals surface area contributed by atoms with Gasteiger partial charge in [-0.15, -0.1) is 0 Å². The molecule has 2 aliphatic carbocycles. The largest absolute Gasteiger partial charge is 0.455 e. The molecule has 0 aliphatic heterocycles. The maximum absolute atomic E-state index is 6.37. The first-order chi connectivity index (χ1) is 31.2. The molecule has 63 heavy (non-hydrogen) atoms. The van der Waals surface area contributed by atoms with Crippen LogP contribution in [0.15, 0.2) is 252 Å². The third-order valence-electron chi connectivity index (χ3n) is 12.0. The fraction of sp³-hybridized carbons (Fsp3) is 0.0333. The smallest absolute Gasteiger partial charge is 0.143 e. The molecule has 3 heteroatoms. The molecule has 11 rings (SSSR count). The molecule has 0 unspecified atom stereocenters. The Bertz CT molecular complexity index is 3370. The Morgan fingerprint density at radius 2 is 1.10 bits per heavy atom. The van der Waals surface area contributed by atoms with Gasteiger partial charge in [-0.05, 0) is 88.9 Å². The van der Waals surface area contributed by atoms with E-state index in [4.69, 9.17) is 4.42 Å². The Balaban J connectivity index is 0.991. The van der Waals surface area contributed by atoms with E-state index in [1.807, 2.05) is 12.1 Å². The number of benzene rings is 8. The van der Waals surface area contributed by atoms with Crippen LogP contribution in [-0.2, 0) is 0 Å². The Kier molecular flexibility index (Phi) is 9.93. The van der Waals surface area contributed by atoms with E-state index in [-0.39, 0.29) is 0 Å². The molecule has 0 radical (unpaired) electrons. The number of furan rings is 1. The number of allylic oxidation sites excluding steroid dienone is 6. The van der Waals surface area contributed by atoms with Crippen molar-refractivity contribution in [1.29, 1.82) is 0 Å². The summed E-state index contributed by atoms with van der Waals surface area (Å²) in [5, 5.41) is 6.14. The number of para-hydroxylation sites is 4. The molecule has 0 saturated carbocycles. The first-order valence-electron chi connectivity index (χ1n) is 21.6. The second-order valence-corrected chi connectivity index (χ2v) is 15.9. The van der Waals surface area contributed by atoms with Crippen molar-refractivity contribution >= 4 is 50.1 Å². The van der Waals surface area contributed by atoms with E-state index in [9.17, 15) is 0 Å². The van der Waals surface area contributed by atoms with E-state index in [0.717, 1.165) is 96.6 Å². The second-order valence-electron chi connectivity index (χ2n) is 15.9. The van der Waals surface area contributed by atoms with Crippen LogP contribution < -0.4 is 10.2 Å². The van der Waals surface area contributed by atoms with Crippen LogP contribution in [0.3, 0.4) is 0 Å². The van der Waals surface area contributed by atoms with Crippen molar-refractivity contribution in [3.63, 3.8) is 0 Å². The molecule has 2 aliphatic rings. The highest BCUT2D eigenvalue weighted by molar-refractivity contribution is 6.09. The van der Waals surface area contributed by atoms with Crippen LogP contribution in [0.4, 0.5) is 17.1 Å². The summed E-state index contributed by atoms with van der Waals surface area (Å²) in [4.78, 5) is 2.32. The Morgan fingerprint density at radius 1 is 0.460 bits per heavy atom. The minimum atomic E-state index is 0.897. The highest BCUT2D eigenvalue weighted by Crippen LogP contribution is 2.43. The van der Waals surface area contributed by atoms with Crippen LogP contribution >= 0.6 is 0 Å². The van der Waals surface area contributed by atoms with Gasteiger partial charge in [0.15, 0.2) is 0 Å². The molecule has 0 atom stereocenters. The summed E-state index contributed by atoms with van der Waals surface area (Å²) < 4.78 is 6.37. The van der Waals surface area contributed by atoms with Crippen LogP contribution in [0.25, 0.3) is 66.5 Å². The highest BCUT2D eigenvalue weighted by atomic mass is 16.3. The minimum Gasteiger partial charge on any atom is -0.455 e. The van der Waals surface area contributed by atoms with Crippen LogP contribution in [0, 0.1) is 0 Å². The number of nitrogens with zero attached hydrogens (tertiary/aromatic N) is 1. The molecule has 1 heterocycles. The molecule has 8 aromatic carbocycles.